The second-order valence-electron chi connectivity index (χ2n) is 9.52. The minimum Gasteiger partial charge on any atom is -0.378 e. The van der Waals surface area contributed by atoms with Crippen LogP contribution in [0.4, 0.5) is 5.69 Å². The standard InChI is InChI=1S/C29H29N5O/c1-21-7-8-23(22-5-4-6-25(13-22)29(2,3)19-30)15-28(21)34-18-27(32-20-34)24-14-26(17-31-16-24)33-9-11-35-12-10-33/h4-8,13-18,20H,9-12H2,1-3H3. The SMILES string of the molecule is Cc1ccc(-c2cccc(C(C)(C)C#N)c2)cc1-n1cnc(-c2cncc(N3CCOCC3)c2)c1. The molecule has 0 atom stereocenters. The molecule has 35 heavy (non-hydrogen) atoms. The predicted molar refractivity (Wildman–Crippen MR) is 139 cm³/mol. The fourth-order valence-electron chi connectivity index (χ4n) is 4.39. The normalized spacial score (nSPS) is 14.1. The fourth-order valence-corrected chi connectivity index (χ4v) is 4.39. The van der Waals surface area contributed by atoms with Crippen LogP contribution in [0, 0.1) is 18.3 Å². The first-order valence-corrected chi connectivity index (χ1v) is 11.9. The van der Waals surface area contributed by atoms with Gasteiger partial charge in [-0.25, -0.2) is 4.98 Å². The van der Waals surface area contributed by atoms with E-state index in [1.807, 2.05) is 44.7 Å². The molecule has 0 aliphatic carbocycles. The van der Waals surface area contributed by atoms with Gasteiger partial charge in [0, 0.05) is 31.0 Å². The van der Waals surface area contributed by atoms with Crippen LogP contribution in [-0.4, -0.2) is 40.8 Å². The Hall–Kier alpha value is -3.95. The van der Waals surface area contributed by atoms with Crippen molar-refractivity contribution in [3.63, 3.8) is 0 Å². The maximum Gasteiger partial charge on any atom is 0.0999 e. The van der Waals surface area contributed by atoms with E-state index < -0.39 is 5.41 Å². The van der Waals surface area contributed by atoms with Gasteiger partial charge < -0.3 is 14.2 Å². The van der Waals surface area contributed by atoms with Gasteiger partial charge in [0.2, 0.25) is 0 Å². The molecule has 1 fully saturated rings. The van der Waals surface area contributed by atoms with Gasteiger partial charge in [-0.2, -0.15) is 5.26 Å². The summed E-state index contributed by atoms with van der Waals surface area (Å²) in [5, 5.41) is 9.55. The summed E-state index contributed by atoms with van der Waals surface area (Å²) in [5.41, 5.74) is 7.88. The number of hydrogen-bond donors (Lipinski definition) is 0. The van der Waals surface area contributed by atoms with E-state index in [1.54, 1.807) is 0 Å². The van der Waals surface area contributed by atoms with Gasteiger partial charge >= 0.3 is 0 Å². The summed E-state index contributed by atoms with van der Waals surface area (Å²) in [5.74, 6) is 0. The number of imidazole rings is 1. The molecule has 2 aromatic heterocycles. The number of nitriles is 1. The lowest BCUT2D eigenvalue weighted by Gasteiger charge is -2.28. The molecule has 0 unspecified atom stereocenters. The molecule has 1 saturated heterocycles. The van der Waals surface area contributed by atoms with Crippen LogP contribution in [0.3, 0.4) is 0 Å². The summed E-state index contributed by atoms with van der Waals surface area (Å²) in [6, 6.07) is 19.2. The zero-order valence-electron chi connectivity index (χ0n) is 20.4. The highest BCUT2D eigenvalue weighted by atomic mass is 16.5. The molecule has 0 N–H and O–H groups in total. The zero-order valence-corrected chi connectivity index (χ0v) is 20.4. The van der Waals surface area contributed by atoms with Gasteiger partial charge in [0.25, 0.3) is 0 Å². The molecule has 1 aliphatic heterocycles. The Kier molecular flexibility index (Phi) is 6.10. The van der Waals surface area contributed by atoms with Gasteiger partial charge in [0.05, 0.1) is 54.3 Å². The number of aromatic nitrogens is 3. The van der Waals surface area contributed by atoms with Crippen molar-refractivity contribution in [1.29, 1.82) is 5.26 Å². The summed E-state index contributed by atoms with van der Waals surface area (Å²) in [6.45, 7) is 9.23. The Bertz CT molecular complexity index is 1390. The maximum atomic E-state index is 9.55. The molecule has 1 aliphatic rings. The van der Waals surface area contributed by atoms with Crippen LogP contribution in [0.1, 0.15) is 25.0 Å². The molecular weight excluding hydrogens is 434 g/mol. The number of pyridine rings is 1. The number of nitrogens with zero attached hydrogens (tertiary/aromatic N) is 5. The van der Waals surface area contributed by atoms with Crippen LogP contribution < -0.4 is 4.90 Å². The number of morpholine rings is 1. The van der Waals surface area contributed by atoms with E-state index in [-0.39, 0.29) is 0 Å². The molecule has 0 saturated carbocycles. The summed E-state index contributed by atoms with van der Waals surface area (Å²) in [6.07, 6.45) is 7.68. The molecule has 6 heteroatoms. The van der Waals surface area contributed by atoms with E-state index >= 15 is 0 Å². The van der Waals surface area contributed by atoms with Crippen LogP contribution in [0.15, 0.2) is 73.4 Å². The highest BCUT2D eigenvalue weighted by molar-refractivity contribution is 5.69. The Balaban J connectivity index is 1.46. The van der Waals surface area contributed by atoms with Gasteiger partial charge in [-0.05, 0) is 61.2 Å². The Morgan fingerprint density at radius 3 is 2.57 bits per heavy atom. The van der Waals surface area contributed by atoms with Crippen LogP contribution in [-0.2, 0) is 10.2 Å². The highest BCUT2D eigenvalue weighted by Crippen LogP contribution is 2.30. The van der Waals surface area contributed by atoms with Crippen molar-refractivity contribution < 1.29 is 4.74 Å². The Morgan fingerprint density at radius 2 is 1.77 bits per heavy atom. The largest absolute Gasteiger partial charge is 0.378 e. The molecule has 6 nitrogen and oxygen atoms in total. The smallest absolute Gasteiger partial charge is 0.0999 e. The van der Waals surface area contributed by atoms with Crippen molar-refractivity contribution >= 4 is 5.69 Å². The van der Waals surface area contributed by atoms with Gasteiger partial charge in [0.1, 0.15) is 0 Å². The predicted octanol–water partition coefficient (Wildman–Crippen LogP) is 5.55. The summed E-state index contributed by atoms with van der Waals surface area (Å²) in [7, 11) is 0. The topological polar surface area (TPSA) is 67.0 Å². The Labute approximate surface area is 206 Å². The molecule has 0 bridgehead atoms. The summed E-state index contributed by atoms with van der Waals surface area (Å²) in [4.78, 5) is 11.5. The molecule has 4 aromatic rings. The first-order valence-electron chi connectivity index (χ1n) is 11.9. The number of ether oxygens (including phenoxy) is 1. The molecule has 5 rings (SSSR count). The van der Waals surface area contributed by atoms with Gasteiger partial charge in [-0.3, -0.25) is 4.98 Å². The van der Waals surface area contributed by atoms with Crippen molar-refractivity contribution in [2.45, 2.75) is 26.2 Å². The maximum absolute atomic E-state index is 9.55. The molecule has 2 aromatic carbocycles. The van der Waals surface area contributed by atoms with Gasteiger partial charge in [-0.15, -0.1) is 0 Å². The lowest BCUT2D eigenvalue weighted by molar-refractivity contribution is 0.122. The fraction of sp³-hybridized carbons (Fsp3) is 0.276. The van der Waals surface area contributed by atoms with E-state index in [0.717, 1.165) is 71.2 Å². The van der Waals surface area contributed by atoms with Crippen molar-refractivity contribution in [2.75, 3.05) is 31.2 Å². The van der Waals surface area contributed by atoms with Gasteiger partial charge in [0.15, 0.2) is 0 Å². The number of rotatable bonds is 5. The van der Waals surface area contributed by atoms with Crippen LogP contribution in [0.5, 0.6) is 0 Å². The number of aryl methyl sites for hydroxylation is 1. The third-order valence-electron chi connectivity index (χ3n) is 6.66. The lowest BCUT2D eigenvalue weighted by atomic mass is 9.85. The highest BCUT2D eigenvalue weighted by Gasteiger charge is 2.20. The second-order valence-corrected chi connectivity index (χ2v) is 9.52. The third-order valence-corrected chi connectivity index (χ3v) is 6.66. The van der Waals surface area contributed by atoms with Crippen LogP contribution in [0.25, 0.3) is 28.1 Å². The number of benzene rings is 2. The first-order chi connectivity index (χ1) is 16.9. The van der Waals surface area contributed by atoms with E-state index in [2.05, 4.69) is 70.0 Å². The Morgan fingerprint density at radius 1 is 0.971 bits per heavy atom. The van der Waals surface area contributed by atoms with E-state index in [0.29, 0.717) is 0 Å². The number of anilines is 1. The van der Waals surface area contributed by atoms with Crippen molar-refractivity contribution in [2.24, 2.45) is 0 Å². The molecule has 176 valence electrons. The summed E-state index contributed by atoms with van der Waals surface area (Å²) < 4.78 is 7.55. The van der Waals surface area contributed by atoms with Crippen molar-refractivity contribution in [3.05, 3.63) is 84.6 Å². The molecule has 3 heterocycles. The average molecular weight is 464 g/mol. The molecular formula is C29H29N5O. The van der Waals surface area contributed by atoms with Crippen LogP contribution in [0.2, 0.25) is 0 Å². The zero-order chi connectivity index (χ0) is 24.4. The first kappa shape index (κ1) is 22.8. The van der Waals surface area contributed by atoms with Gasteiger partial charge in [-0.1, -0.05) is 30.3 Å². The van der Waals surface area contributed by atoms with Crippen molar-refractivity contribution in [1.82, 2.24) is 14.5 Å². The number of hydrogen-bond acceptors (Lipinski definition) is 5. The second kappa shape index (κ2) is 9.36. The average Bonchev–Trinajstić information content (AvgIpc) is 3.40. The third kappa shape index (κ3) is 4.68. The monoisotopic (exact) mass is 463 g/mol. The quantitative estimate of drug-likeness (QED) is 0.388. The van der Waals surface area contributed by atoms with E-state index in [9.17, 15) is 5.26 Å². The molecule has 0 spiro atoms. The molecule has 0 amide bonds. The summed E-state index contributed by atoms with van der Waals surface area (Å²) >= 11 is 0. The van der Waals surface area contributed by atoms with Crippen LogP contribution >= 0.6 is 0 Å². The molecule has 0 radical (unpaired) electrons. The minimum atomic E-state index is -0.535. The van der Waals surface area contributed by atoms with E-state index in [4.69, 9.17) is 9.72 Å². The van der Waals surface area contributed by atoms with E-state index in [1.165, 1.54) is 0 Å². The lowest BCUT2D eigenvalue weighted by Crippen LogP contribution is -2.36. The minimum absolute atomic E-state index is 0.535. The van der Waals surface area contributed by atoms with Crippen molar-refractivity contribution in [3.8, 4) is 34.1 Å².